The lowest BCUT2D eigenvalue weighted by molar-refractivity contribution is 0.698. The molecule has 10 aromatic rings. The van der Waals surface area contributed by atoms with E-state index in [4.69, 9.17) is 0 Å². The Morgan fingerprint density at radius 3 is 1.67 bits per heavy atom. The Kier molecular flexibility index (Phi) is 6.04. The lowest BCUT2D eigenvalue weighted by atomic mass is 9.81. The van der Waals surface area contributed by atoms with Crippen LogP contribution in [-0.2, 0) is 0 Å². The Bertz CT molecular complexity index is 3050. The fourth-order valence-electron chi connectivity index (χ4n) is 10.2. The van der Waals surface area contributed by atoms with Crippen molar-refractivity contribution < 1.29 is 0 Å². The van der Waals surface area contributed by atoms with Crippen LogP contribution in [0.15, 0.2) is 158 Å². The number of benzene rings is 9. The Hall–Kier alpha value is -5.76. The summed E-state index contributed by atoms with van der Waals surface area (Å²) in [6.07, 6.45) is 3.88. The highest BCUT2D eigenvalue weighted by Gasteiger charge is 2.33. The van der Waals surface area contributed by atoms with Crippen LogP contribution in [0.3, 0.4) is 0 Å². The second kappa shape index (κ2) is 10.9. The zero-order valence-corrected chi connectivity index (χ0v) is 29.5. The van der Waals surface area contributed by atoms with Crippen LogP contribution in [0, 0.1) is 0 Å². The van der Waals surface area contributed by atoms with E-state index >= 15 is 0 Å². The predicted molar refractivity (Wildman–Crippen MR) is 225 cm³/mol. The maximum absolute atomic E-state index is 2.51. The van der Waals surface area contributed by atoms with E-state index in [1.165, 1.54) is 116 Å². The van der Waals surface area contributed by atoms with Crippen LogP contribution in [-0.4, -0.2) is 0 Å². The van der Waals surface area contributed by atoms with Gasteiger partial charge < -0.3 is 0 Å². The maximum Gasteiger partial charge on any atom is 0.0355 e. The van der Waals surface area contributed by atoms with Crippen molar-refractivity contribution >= 4 is 74.6 Å². The molecule has 0 nitrogen and oxygen atoms in total. The van der Waals surface area contributed by atoms with Crippen molar-refractivity contribution in [2.24, 2.45) is 0 Å². The summed E-state index contributed by atoms with van der Waals surface area (Å²) in [5, 5.41) is 13.7. The first-order valence-corrected chi connectivity index (χ1v) is 19.5. The summed E-state index contributed by atoms with van der Waals surface area (Å²) < 4.78 is 2.69. The molecular weight excluding hydrogens is 645 g/mol. The molecule has 12 rings (SSSR count). The minimum absolute atomic E-state index is 0.643. The van der Waals surface area contributed by atoms with Gasteiger partial charge in [0.05, 0.1) is 0 Å². The van der Waals surface area contributed by atoms with Crippen LogP contribution in [0.2, 0.25) is 0 Å². The van der Waals surface area contributed by atoms with Crippen LogP contribution in [0.1, 0.15) is 42.2 Å². The molecule has 0 N–H and O–H groups in total. The Morgan fingerprint density at radius 2 is 0.942 bits per heavy atom. The molecule has 9 aromatic carbocycles. The highest BCUT2D eigenvalue weighted by Crippen LogP contribution is 2.54. The van der Waals surface area contributed by atoms with Gasteiger partial charge in [0.2, 0.25) is 0 Å². The summed E-state index contributed by atoms with van der Waals surface area (Å²) in [6.45, 7) is 0. The third-order valence-electron chi connectivity index (χ3n) is 12.5. The molecule has 1 heterocycles. The zero-order valence-electron chi connectivity index (χ0n) is 28.7. The molecule has 0 radical (unpaired) electrons. The average molecular weight is 679 g/mol. The van der Waals surface area contributed by atoms with Gasteiger partial charge in [-0.05, 0) is 143 Å². The van der Waals surface area contributed by atoms with Crippen LogP contribution < -0.4 is 0 Å². The van der Waals surface area contributed by atoms with E-state index < -0.39 is 0 Å². The van der Waals surface area contributed by atoms with Crippen molar-refractivity contribution in [3.8, 4) is 33.4 Å². The zero-order chi connectivity index (χ0) is 33.9. The molecule has 2 atom stereocenters. The maximum atomic E-state index is 2.51. The van der Waals surface area contributed by atoms with Crippen molar-refractivity contribution in [3.63, 3.8) is 0 Å². The topological polar surface area (TPSA) is 0 Å². The van der Waals surface area contributed by atoms with Crippen molar-refractivity contribution in [1.82, 2.24) is 0 Å². The molecule has 52 heavy (non-hydrogen) atoms. The molecule has 0 amide bonds. The normalized spacial score (nSPS) is 16.6. The molecule has 0 aliphatic heterocycles. The molecule has 1 saturated carbocycles. The highest BCUT2D eigenvalue weighted by molar-refractivity contribution is 7.25. The van der Waals surface area contributed by atoms with Gasteiger partial charge in [0.15, 0.2) is 0 Å². The summed E-state index contributed by atoms with van der Waals surface area (Å²) in [5.41, 5.74) is 10.9. The van der Waals surface area contributed by atoms with Crippen molar-refractivity contribution in [3.05, 3.63) is 169 Å². The number of hydrogen-bond acceptors (Lipinski definition) is 1. The average Bonchev–Trinajstić information content (AvgIpc) is 3.81. The van der Waals surface area contributed by atoms with Gasteiger partial charge in [0, 0.05) is 20.2 Å². The number of rotatable bonds is 3. The van der Waals surface area contributed by atoms with Gasteiger partial charge in [0.25, 0.3) is 0 Å². The van der Waals surface area contributed by atoms with Crippen LogP contribution >= 0.6 is 11.3 Å². The first-order chi connectivity index (χ1) is 25.8. The largest absolute Gasteiger partial charge is 0.135 e. The molecule has 1 fully saturated rings. The minimum atomic E-state index is 0.643. The molecule has 244 valence electrons. The summed E-state index contributed by atoms with van der Waals surface area (Å²) in [5.74, 6) is 1.31. The second-order valence-corrected chi connectivity index (χ2v) is 16.2. The van der Waals surface area contributed by atoms with Gasteiger partial charge in [-0.3, -0.25) is 0 Å². The molecule has 2 aliphatic carbocycles. The van der Waals surface area contributed by atoms with E-state index in [0.29, 0.717) is 11.8 Å². The summed E-state index contributed by atoms with van der Waals surface area (Å²) in [7, 11) is 0. The molecule has 1 heteroatoms. The predicted octanol–water partition coefficient (Wildman–Crippen LogP) is 15.0. The molecule has 0 spiro atoms. The van der Waals surface area contributed by atoms with E-state index in [1.807, 2.05) is 11.3 Å². The standard InChI is InChI=1S/C51H34S/c1-3-13-41-39(11-1)48(31-21-19-30(20-22-31)32-25-26-47-44(28-32)38-10-5-6-18-46(38)52-47)40-12-2-4-14-42(40)50(41)45-29-35-9-7-15-36-33-23-24-34(27-33)37-16-8-17-43(45)51(37)49(35)36/h1-22,25-26,28-29,33-34H,23-24,27H2/t33-,34?/m0/s1. The van der Waals surface area contributed by atoms with Crippen molar-refractivity contribution in [2.45, 2.75) is 31.1 Å². The lowest BCUT2D eigenvalue weighted by Gasteiger charge is -2.22. The van der Waals surface area contributed by atoms with Crippen molar-refractivity contribution in [2.75, 3.05) is 0 Å². The van der Waals surface area contributed by atoms with Gasteiger partial charge in [-0.15, -0.1) is 11.3 Å². The first-order valence-electron chi connectivity index (χ1n) is 18.7. The summed E-state index contributed by atoms with van der Waals surface area (Å²) in [4.78, 5) is 0. The summed E-state index contributed by atoms with van der Waals surface area (Å²) in [6, 6.07) is 60.0. The third kappa shape index (κ3) is 4.03. The number of thiophene rings is 1. The molecule has 2 aliphatic rings. The van der Waals surface area contributed by atoms with Gasteiger partial charge in [0.1, 0.15) is 0 Å². The smallest absolute Gasteiger partial charge is 0.0355 e. The number of hydrogen-bond donors (Lipinski definition) is 0. The van der Waals surface area contributed by atoms with E-state index in [-0.39, 0.29) is 0 Å². The van der Waals surface area contributed by atoms with Gasteiger partial charge in [-0.25, -0.2) is 0 Å². The molecule has 0 saturated heterocycles. The Balaban J connectivity index is 1.09. The Labute approximate surface area is 306 Å². The van der Waals surface area contributed by atoms with E-state index in [9.17, 15) is 0 Å². The van der Waals surface area contributed by atoms with Crippen molar-refractivity contribution in [1.29, 1.82) is 0 Å². The first kappa shape index (κ1) is 28.9. The molecule has 1 unspecified atom stereocenters. The quantitative estimate of drug-likeness (QED) is 0.129. The van der Waals surface area contributed by atoms with E-state index in [0.717, 1.165) is 0 Å². The van der Waals surface area contributed by atoms with Crippen LogP contribution in [0.25, 0.3) is 96.6 Å². The molecule has 1 aromatic heterocycles. The summed E-state index contributed by atoms with van der Waals surface area (Å²) >= 11 is 1.88. The third-order valence-corrected chi connectivity index (χ3v) is 13.6. The van der Waals surface area contributed by atoms with Gasteiger partial charge >= 0.3 is 0 Å². The molecule has 2 bridgehead atoms. The monoisotopic (exact) mass is 678 g/mol. The minimum Gasteiger partial charge on any atom is -0.135 e. The fourth-order valence-corrected chi connectivity index (χ4v) is 11.3. The van der Waals surface area contributed by atoms with Crippen LogP contribution in [0.4, 0.5) is 0 Å². The van der Waals surface area contributed by atoms with Gasteiger partial charge in [-0.2, -0.15) is 0 Å². The second-order valence-electron chi connectivity index (χ2n) is 15.1. The highest BCUT2D eigenvalue weighted by atomic mass is 32.1. The Morgan fingerprint density at radius 1 is 0.385 bits per heavy atom. The van der Waals surface area contributed by atoms with E-state index in [2.05, 4.69) is 158 Å². The van der Waals surface area contributed by atoms with Gasteiger partial charge in [-0.1, -0.05) is 133 Å². The lowest BCUT2D eigenvalue weighted by Crippen LogP contribution is -1.97. The number of fused-ring (bicyclic) bond motifs is 9. The van der Waals surface area contributed by atoms with E-state index in [1.54, 1.807) is 11.1 Å². The molecular formula is C51H34S. The fraction of sp³-hybridized carbons (Fsp3) is 0.0980. The SMILES string of the molecule is c1cc2c3c(c1)cc(-c1c4ccccc4c(-c4ccc(-c5ccc6sc7ccccc7c6c5)cc4)c4ccccc14)c1cccc(c13)C1CC[C@H]2C1. The van der Waals surface area contributed by atoms with Crippen LogP contribution in [0.5, 0.6) is 0 Å².